The average molecular weight is 498 g/mol. The Hall–Kier alpha value is -4.12. The minimum Gasteiger partial charge on any atom is -0.458 e. The quantitative estimate of drug-likeness (QED) is 0.190. The van der Waals surface area contributed by atoms with Crippen molar-refractivity contribution in [1.29, 1.82) is 0 Å². The maximum Gasteiger partial charge on any atom is 0.333 e. The molecule has 37 heavy (non-hydrogen) atoms. The number of carbonyl (C=O) groups is 2. The Morgan fingerprint density at radius 1 is 0.865 bits per heavy atom. The predicted octanol–water partition coefficient (Wildman–Crippen LogP) is 7.66. The van der Waals surface area contributed by atoms with Crippen LogP contribution >= 0.6 is 0 Å². The number of hydrogen-bond acceptors (Lipinski definition) is 5. The Morgan fingerprint density at radius 3 is 1.92 bits per heavy atom. The highest BCUT2D eigenvalue weighted by Crippen LogP contribution is 2.36. The van der Waals surface area contributed by atoms with Crippen LogP contribution in [0.4, 0.5) is 17.1 Å². The van der Waals surface area contributed by atoms with E-state index in [1.807, 2.05) is 48.5 Å². The second kappa shape index (κ2) is 13.3. The van der Waals surface area contributed by atoms with E-state index < -0.39 is 11.9 Å². The van der Waals surface area contributed by atoms with E-state index in [-0.39, 0.29) is 13.2 Å². The van der Waals surface area contributed by atoms with E-state index >= 15 is 0 Å². The van der Waals surface area contributed by atoms with E-state index in [4.69, 9.17) is 9.47 Å². The van der Waals surface area contributed by atoms with Gasteiger partial charge in [0.2, 0.25) is 0 Å². The molecule has 192 valence electrons. The molecule has 0 fully saturated rings. The van der Waals surface area contributed by atoms with Crippen molar-refractivity contribution in [3.05, 3.63) is 114 Å². The molecule has 0 aliphatic rings. The fourth-order valence-electron chi connectivity index (χ4n) is 3.85. The molecule has 3 aromatic rings. The van der Waals surface area contributed by atoms with E-state index in [2.05, 4.69) is 50.1 Å². The molecule has 0 spiro atoms. The number of anilines is 3. The van der Waals surface area contributed by atoms with Gasteiger partial charge in [0.05, 0.1) is 0 Å². The summed E-state index contributed by atoms with van der Waals surface area (Å²) in [6.07, 6.45) is 4.47. The zero-order chi connectivity index (χ0) is 26.8. The number of carbonyl (C=O) groups excluding carboxylic acids is 2. The first-order valence-corrected chi connectivity index (χ1v) is 12.5. The third-order valence-electron chi connectivity index (χ3n) is 6.05. The van der Waals surface area contributed by atoms with Gasteiger partial charge in [-0.3, -0.25) is 0 Å². The maximum absolute atomic E-state index is 11.8. The maximum atomic E-state index is 11.8. The van der Waals surface area contributed by atoms with Crippen LogP contribution in [0.5, 0.6) is 0 Å². The zero-order valence-corrected chi connectivity index (χ0v) is 22.0. The van der Waals surface area contributed by atoms with Gasteiger partial charge >= 0.3 is 11.9 Å². The summed E-state index contributed by atoms with van der Waals surface area (Å²) < 4.78 is 10.5. The van der Waals surface area contributed by atoms with Gasteiger partial charge < -0.3 is 14.4 Å². The van der Waals surface area contributed by atoms with Crippen LogP contribution in [0.1, 0.15) is 48.9 Å². The largest absolute Gasteiger partial charge is 0.458 e. The van der Waals surface area contributed by atoms with Crippen LogP contribution in [0.3, 0.4) is 0 Å². The van der Waals surface area contributed by atoms with Gasteiger partial charge in [-0.1, -0.05) is 56.8 Å². The number of benzene rings is 3. The smallest absolute Gasteiger partial charge is 0.333 e. The summed E-state index contributed by atoms with van der Waals surface area (Å²) in [5, 5.41) is 0. The highest BCUT2D eigenvalue weighted by Gasteiger charge is 2.15. The van der Waals surface area contributed by atoms with Crippen molar-refractivity contribution in [1.82, 2.24) is 0 Å². The van der Waals surface area contributed by atoms with Crippen molar-refractivity contribution in [2.24, 2.45) is 0 Å². The van der Waals surface area contributed by atoms with E-state index in [0.717, 1.165) is 53.5 Å². The molecule has 0 heterocycles. The Morgan fingerprint density at radius 2 is 1.41 bits per heavy atom. The third-order valence-corrected chi connectivity index (χ3v) is 6.05. The van der Waals surface area contributed by atoms with Gasteiger partial charge in [-0.15, -0.1) is 0 Å². The number of rotatable bonds is 12. The van der Waals surface area contributed by atoms with Gasteiger partial charge in [-0.25, -0.2) is 9.59 Å². The molecule has 3 rings (SSSR count). The molecule has 0 atom stereocenters. The lowest BCUT2D eigenvalue weighted by Gasteiger charge is -2.27. The molecular formula is C32H35NO4. The number of unbranched alkanes of at least 4 members (excludes halogenated alkanes) is 1. The van der Waals surface area contributed by atoms with Crippen molar-refractivity contribution in [3.63, 3.8) is 0 Å². The summed E-state index contributed by atoms with van der Waals surface area (Å²) in [5.41, 5.74) is 7.79. The summed E-state index contributed by atoms with van der Waals surface area (Å²) >= 11 is 0. The Labute approximate surface area is 220 Å². The number of ether oxygens (including phenoxy) is 2. The highest BCUT2D eigenvalue weighted by molar-refractivity contribution is 5.87. The lowest BCUT2D eigenvalue weighted by atomic mass is 10.0. The molecule has 3 aromatic carbocycles. The number of esters is 2. The molecule has 0 aliphatic carbocycles. The second-order valence-corrected chi connectivity index (χ2v) is 9.05. The molecular weight excluding hydrogens is 462 g/mol. The van der Waals surface area contributed by atoms with E-state index in [1.54, 1.807) is 6.92 Å². The van der Waals surface area contributed by atoms with Crippen LogP contribution in [-0.2, 0) is 38.7 Å². The van der Waals surface area contributed by atoms with Crippen molar-refractivity contribution >= 4 is 29.0 Å². The molecule has 0 radical (unpaired) electrons. The minimum atomic E-state index is -0.445. The molecule has 5 nitrogen and oxygen atoms in total. The molecule has 0 aliphatic heterocycles. The summed E-state index contributed by atoms with van der Waals surface area (Å²) in [6, 6.07) is 22.5. The van der Waals surface area contributed by atoms with Crippen LogP contribution in [-0.4, -0.2) is 11.9 Å². The topological polar surface area (TPSA) is 55.8 Å². The first kappa shape index (κ1) is 27.5. The summed E-state index contributed by atoms with van der Waals surface area (Å²) in [6.45, 7) is 13.4. The summed E-state index contributed by atoms with van der Waals surface area (Å²) in [5.74, 6) is -0.845. The van der Waals surface area contributed by atoms with E-state index in [9.17, 15) is 9.59 Å². The van der Waals surface area contributed by atoms with Crippen LogP contribution < -0.4 is 4.90 Å². The van der Waals surface area contributed by atoms with E-state index in [1.165, 1.54) is 11.1 Å². The van der Waals surface area contributed by atoms with E-state index in [0.29, 0.717) is 5.57 Å². The van der Waals surface area contributed by atoms with Crippen LogP contribution in [0.15, 0.2) is 91.5 Å². The monoisotopic (exact) mass is 497 g/mol. The Balaban J connectivity index is 1.93. The number of nitrogens with zero attached hydrogens (tertiary/aromatic N) is 1. The molecule has 0 unspecified atom stereocenters. The fraction of sp³-hybridized carbons (Fsp3) is 0.250. The molecule has 0 aromatic heterocycles. The summed E-state index contributed by atoms with van der Waals surface area (Å²) in [4.78, 5) is 25.4. The van der Waals surface area contributed by atoms with Crippen molar-refractivity contribution in [3.8, 4) is 0 Å². The first-order chi connectivity index (χ1) is 17.8. The van der Waals surface area contributed by atoms with Crippen molar-refractivity contribution in [2.75, 3.05) is 4.90 Å². The fourth-order valence-corrected chi connectivity index (χ4v) is 3.85. The molecule has 0 N–H and O–H groups in total. The molecule has 0 bridgehead atoms. The van der Waals surface area contributed by atoms with Gasteiger partial charge in [-0.2, -0.15) is 0 Å². The Kier molecular flexibility index (Phi) is 9.84. The zero-order valence-electron chi connectivity index (χ0n) is 22.0. The van der Waals surface area contributed by atoms with Gasteiger partial charge in [0.25, 0.3) is 0 Å². The third kappa shape index (κ3) is 7.68. The van der Waals surface area contributed by atoms with Crippen LogP contribution in [0.2, 0.25) is 0 Å². The highest BCUT2D eigenvalue weighted by atomic mass is 16.5. The van der Waals surface area contributed by atoms with Crippen LogP contribution in [0.25, 0.3) is 0 Å². The van der Waals surface area contributed by atoms with Gasteiger partial charge in [-0.05, 0) is 85.3 Å². The first-order valence-electron chi connectivity index (χ1n) is 12.5. The normalized spacial score (nSPS) is 10.5. The summed E-state index contributed by atoms with van der Waals surface area (Å²) in [7, 11) is 0. The van der Waals surface area contributed by atoms with Crippen LogP contribution in [0, 0.1) is 6.92 Å². The molecule has 0 saturated heterocycles. The van der Waals surface area contributed by atoms with Gasteiger partial charge in [0.1, 0.15) is 13.2 Å². The second-order valence-electron chi connectivity index (χ2n) is 9.05. The van der Waals surface area contributed by atoms with Gasteiger partial charge in [0, 0.05) is 28.7 Å². The SMILES string of the molecule is C=CC(=O)OCc1ccc(N(c2ccc(COC(=O)C(=C)C)cc2)c2ccc(C)c(CCCC)c2)cc1. The number of aryl methyl sites for hydroxylation is 2. The lowest BCUT2D eigenvalue weighted by molar-refractivity contribution is -0.140. The lowest BCUT2D eigenvalue weighted by Crippen LogP contribution is -2.11. The minimum absolute atomic E-state index is 0.189. The molecule has 0 amide bonds. The standard InChI is InChI=1S/C32H35NO4/c1-6-8-9-27-20-30(15-10-24(27)5)33(28-16-11-25(12-17-28)21-36-31(34)7-2)29-18-13-26(14-19-29)22-37-32(35)23(3)4/h7,10-20H,2-3,6,8-9,21-22H2,1,4-5H3. The van der Waals surface area contributed by atoms with Gasteiger partial charge in [0.15, 0.2) is 0 Å². The Bertz CT molecular complexity index is 1240. The average Bonchev–Trinajstić information content (AvgIpc) is 2.91. The predicted molar refractivity (Wildman–Crippen MR) is 149 cm³/mol. The van der Waals surface area contributed by atoms with Crippen molar-refractivity contribution < 1.29 is 19.1 Å². The number of hydrogen-bond donors (Lipinski definition) is 0. The molecule has 5 heteroatoms. The van der Waals surface area contributed by atoms with Crippen molar-refractivity contribution in [2.45, 2.75) is 53.2 Å². The molecule has 0 saturated carbocycles.